The Hall–Kier alpha value is -3.46. The van der Waals surface area contributed by atoms with E-state index in [1.165, 1.54) is 0 Å². The topological polar surface area (TPSA) is 46.2 Å². The van der Waals surface area contributed by atoms with E-state index in [0.29, 0.717) is 34.5 Å². The van der Waals surface area contributed by atoms with Crippen molar-refractivity contribution in [2.75, 3.05) is 5.32 Å². The van der Waals surface area contributed by atoms with Crippen LogP contribution in [-0.2, 0) is 6.54 Å². The van der Waals surface area contributed by atoms with Gasteiger partial charge in [0.25, 0.3) is 0 Å². The number of carbonyl (C=O) groups is 2. The van der Waals surface area contributed by atoms with E-state index in [4.69, 9.17) is 0 Å². The quantitative estimate of drug-likeness (QED) is 0.585. The maximum absolute atomic E-state index is 13.1. The van der Waals surface area contributed by atoms with Gasteiger partial charge in [0.2, 0.25) is 0 Å². The molecule has 3 heteroatoms. The molecule has 0 aromatic heterocycles. The van der Waals surface area contributed by atoms with Crippen LogP contribution in [0.2, 0.25) is 0 Å². The standard InChI is InChI=1S/C23H17NO2/c1-2-16-12-13-19-20(21(16)24-14-15-8-4-3-5-9-15)23(26)18-11-7-6-10-17(18)22(19)25/h2-13,24H,1,14H2. The molecule has 0 spiro atoms. The minimum atomic E-state index is -0.130. The molecule has 0 aliphatic heterocycles. The molecule has 3 aromatic carbocycles. The average Bonchev–Trinajstić information content (AvgIpc) is 2.70. The van der Waals surface area contributed by atoms with Gasteiger partial charge in [0.1, 0.15) is 0 Å². The third-order valence-electron chi connectivity index (χ3n) is 4.66. The lowest BCUT2D eigenvalue weighted by atomic mass is 9.82. The zero-order valence-corrected chi connectivity index (χ0v) is 14.2. The Morgan fingerprint density at radius 1 is 0.769 bits per heavy atom. The SMILES string of the molecule is C=Cc1ccc2c(c1NCc1ccccc1)C(=O)c1ccccc1C2=O. The molecule has 4 rings (SSSR count). The van der Waals surface area contributed by atoms with E-state index in [-0.39, 0.29) is 11.6 Å². The Labute approximate surface area is 152 Å². The van der Waals surface area contributed by atoms with E-state index in [2.05, 4.69) is 11.9 Å². The third-order valence-corrected chi connectivity index (χ3v) is 4.66. The lowest BCUT2D eigenvalue weighted by molar-refractivity contribution is 0.0979. The zero-order chi connectivity index (χ0) is 18.1. The van der Waals surface area contributed by atoms with Crippen LogP contribution in [0.1, 0.15) is 43.0 Å². The van der Waals surface area contributed by atoms with E-state index in [1.54, 1.807) is 36.4 Å². The van der Waals surface area contributed by atoms with Crippen molar-refractivity contribution in [2.24, 2.45) is 0 Å². The molecule has 0 heterocycles. The summed E-state index contributed by atoms with van der Waals surface area (Å²) in [6, 6.07) is 20.4. The predicted molar refractivity (Wildman–Crippen MR) is 104 cm³/mol. The number of nitrogens with one attached hydrogen (secondary N) is 1. The molecular formula is C23H17NO2. The Balaban J connectivity index is 1.83. The molecule has 0 saturated carbocycles. The fourth-order valence-corrected chi connectivity index (χ4v) is 3.35. The molecule has 0 saturated heterocycles. The fraction of sp³-hybridized carbons (Fsp3) is 0.0435. The lowest BCUT2D eigenvalue weighted by Crippen LogP contribution is -2.23. The van der Waals surface area contributed by atoms with Gasteiger partial charge in [0, 0.05) is 23.2 Å². The van der Waals surface area contributed by atoms with Crippen molar-refractivity contribution >= 4 is 23.3 Å². The number of hydrogen-bond donors (Lipinski definition) is 1. The van der Waals surface area contributed by atoms with Crippen LogP contribution in [-0.4, -0.2) is 11.6 Å². The van der Waals surface area contributed by atoms with Gasteiger partial charge in [-0.15, -0.1) is 0 Å². The first-order chi connectivity index (χ1) is 12.7. The Morgan fingerprint density at radius 3 is 2.12 bits per heavy atom. The molecule has 0 fully saturated rings. The van der Waals surface area contributed by atoms with Gasteiger partial charge in [-0.1, -0.05) is 73.3 Å². The molecule has 1 N–H and O–H groups in total. The second-order valence-corrected chi connectivity index (χ2v) is 6.20. The Kier molecular flexibility index (Phi) is 3.98. The first-order valence-electron chi connectivity index (χ1n) is 8.46. The maximum Gasteiger partial charge on any atom is 0.196 e. The maximum atomic E-state index is 13.1. The zero-order valence-electron chi connectivity index (χ0n) is 14.2. The van der Waals surface area contributed by atoms with E-state index in [1.807, 2.05) is 36.4 Å². The van der Waals surface area contributed by atoms with Crippen molar-refractivity contribution in [3.8, 4) is 0 Å². The van der Waals surface area contributed by atoms with Crippen LogP contribution < -0.4 is 5.32 Å². The number of fused-ring (bicyclic) bond motifs is 2. The number of anilines is 1. The first-order valence-corrected chi connectivity index (χ1v) is 8.46. The highest BCUT2D eigenvalue weighted by Gasteiger charge is 2.32. The summed E-state index contributed by atoms with van der Waals surface area (Å²) in [4.78, 5) is 26.0. The van der Waals surface area contributed by atoms with Crippen LogP contribution >= 0.6 is 0 Å². The molecule has 0 amide bonds. The second kappa shape index (κ2) is 6.45. The van der Waals surface area contributed by atoms with Crippen LogP contribution in [0.3, 0.4) is 0 Å². The average molecular weight is 339 g/mol. The predicted octanol–water partition coefficient (Wildman–Crippen LogP) is 4.72. The highest BCUT2D eigenvalue weighted by Crippen LogP contribution is 2.34. The highest BCUT2D eigenvalue weighted by atomic mass is 16.1. The van der Waals surface area contributed by atoms with Crippen LogP contribution in [0.15, 0.2) is 73.3 Å². The number of hydrogen-bond acceptors (Lipinski definition) is 3. The summed E-state index contributed by atoms with van der Waals surface area (Å²) in [5.41, 5.74) is 4.35. The van der Waals surface area contributed by atoms with Crippen molar-refractivity contribution in [3.05, 3.63) is 107 Å². The van der Waals surface area contributed by atoms with Crippen molar-refractivity contribution in [2.45, 2.75) is 6.54 Å². The van der Waals surface area contributed by atoms with Crippen molar-refractivity contribution in [1.82, 2.24) is 0 Å². The van der Waals surface area contributed by atoms with Gasteiger partial charge in [-0.25, -0.2) is 0 Å². The summed E-state index contributed by atoms with van der Waals surface area (Å²) in [6.45, 7) is 4.40. The van der Waals surface area contributed by atoms with Gasteiger partial charge in [-0.05, 0) is 17.2 Å². The molecule has 0 bridgehead atoms. The van der Waals surface area contributed by atoms with Gasteiger partial charge in [0.15, 0.2) is 11.6 Å². The summed E-state index contributed by atoms with van der Waals surface area (Å²) >= 11 is 0. The van der Waals surface area contributed by atoms with Gasteiger partial charge in [-0.3, -0.25) is 9.59 Å². The number of carbonyl (C=O) groups excluding carboxylic acids is 2. The molecule has 3 nitrogen and oxygen atoms in total. The molecule has 3 aromatic rings. The summed E-state index contributed by atoms with van der Waals surface area (Å²) in [7, 11) is 0. The normalized spacial score (nSPS) is 12.3. The van der Waals surface area contributed by atoms with E-state index in [0.717, 1.165) is 11.1 Å². The molecule has 0 atom stereocenters. The van der Waals surface area contributed by atoms with E-state index >= 15 is 0 Å². The molecule has 26 heavy (non-hydrogen) atoms. The van der Waals surface area contributed by atoms with Crippen LogP contribution in [0.25, 0.3) is 6.08 Å². The smallest absolute Gasteiger partial charge is 0.196 e. The Morgan fingerprint density at radius 2 is 1.42 bits per heavy atom. The summed E-state index contributed by atoms with van der Waals surface area (Å²) in [5.74, 6) is -0.247. The van der Waals surface area contributed by atoms with Crippen molar-refractivity contribution in [3.63, 3.8) is 0 Å². The van der Waals surface area contributed by atoms with Crippen LogP contribution in [0.5, 0.6) is 0 Å². The molecule has 126 valence electrons. The molecular weight excluding hydrogens is 322 g/mol. The monoisotopic (exact) mass is 339 g/mol. The second-order valence-electron chi connectivity index (χ2n) is 6.20. The Bertz CT molecular complexity index is 1040. The van der Waals surface area contributed by atoms with E-state index < -0.39 is 0 Å². The lowest BCUT2D eigenvalue weighted by Gasteiger charge is -2.22. The number of benzene rings is 3. The van der Waals surface area contributed by atoms with Gasteiger partial charge in [0.05, 0.1) is 11.3 Å². The van der Waals surface area contributed by atoms with Crippen LogP contribution in [0, 0.1) is 0 Å². The minimum absolute atomic E-state index is 0.117. The molecule has 1 aliphatic carbocycles. The van der Waals surface area contributed by atoms with Crippen LogP contribution in [0.4, 0.5) is 5.69 Å². The molecule has 0 radical (unpaired) electrons. The summed E-state index contributed by atoms with van der Waals surface area (Å²) in [6.07, 6.45) is 1.70. The minimum Gasteiger partial charge on any atom is -0.380 e. The van der Waals surface area contributed by atoms with Crippen molar-refractivity contribution in [1.29, 1.82) is 0 Å². The van der Waals surface area contributed by atoms with Gasteiger partial charge < -0.3 is 5.32 Å². The van der Waals surface area contributed by atoms with Gasteiger partial charge in [-0.2, -0.15) is 0 Å². The van der Waals surface area contributed by atoms with Crippen molar-refractivity contribution < 1.29 is 9.59 Å². The highest BCUT2D eigenvalue weighted by molar-refractivity contribution is 6.30. The summed E-state index contributed by atoms with van der Waals surface area (Å²) in [5, 5.41) is 3.35. The summed E-state index contributed by atoms with van der Waals surface area (Å²) < 4.78 is 0. The molecule has 1 aliphatic rings. The molecule has 0 unspecified atom stereocenters. The fourth-order valence-electron chi connectivity index (χ4n) is 3.35. The number of ketones is 2. The van der Waals surface area contributed by atoms with Gasteiger partial charge >= 0.3 is 0 Å². The third kappa shape index (κ3) is 2.54. The first kappa shape index (κ1) is 16.0. The number of rotatable bonds is 4. The van der Waals surface area contributed by atoms with E-state index in [9.17, 15) is 9.59 Å². The largest absolute Gasteiger partial charge is 0.380 e.